The van der Waals surface area contributed by atoms with E-state index in [-0.39, 0.29) is 0 Å². The van der Waals surface area contributed by atoms with Gasteiger partial charge in [-0.05, 0) is 75.8 Å². The molecule has 0 saturated carbocycles. The third-order valence-corrected chi connectivity index (χ3v) is 10.2. The summed E-state index contributed by atoms with van der Waals surface area (Å²) in [6.45, 7) is 0. The van der Waals surface area contributed by atoms with Crippen LogP contribution in [0.3, 0.4) is 0 Å². The Morgan fingerprint density at radius 1 is 0.404 bits per heavy atom. The zero-order valence-corrected chi connectivity index (χ0v) is 27.9. The predicted molar refractivity (Wildman–Crippen MR) is 204 cm³/mol. The summed E-state index contributed by atoms with van der Waals surface area (Å²) >= 11 is 0. The van der Waals surface area contributed by atoms with Crippen LogP contribution in [0.2, 0.25) is 0 Å². The summed E-state index contributed by atoms with van der Waals surface area (Å²) < 4.78 is 6.73. The highest BCUT2D eigenvalue weighted by atomic mass is 16.5. The summed E-state index contributed by atoms with van der Waals surface area (Å²) in [5, 5.41) is 9.45. The number of hydrogen-bond donors (Lipinski definition) is 0. The maximum atomic E-state index is 9.45. The molecule has 242 valence electrons. The van der Waals surface area contributed by atoms with E-state index >= 15 is 0 Å². The lowest BCUT2D eigenvalue weighted by Gasteiger charge is -2.39. The van der Waals surface area contributed by atoms with Crippen molar-refractivity contribution in [3.63, 3.8) is 0 Å². The molecule has 0 saturated heterocycles. The van der Waals surface area contributed by atoms with E-state index < -0.39 is 5.41 Å². The molecule has 5 nitrogen and oxygen atoms in total. The first-order chi connectivity index (χ1) is 25.7. The van der Waals surface area contributed by atoms with Crippen LogP contribution in [0.1, 0.15) is 27.8 Å². The van der Waals surface area contributed by atoms with Crippen LogP contribution in [0, 0.1) is 11.3 Å². The fraction of sp³-hybridized carbons (Fsp3) is 0.0213. The molecule has 1 aliphatic heterocycles. The first kappa shape index (κ1) is 29.7. The third kappa shape index (κ3) is 4.52. The van der Waals surface area contributed by atoms with E-state index in [1.807, 2.05) is 97.1 Å². The largest absolute Gasteiger partial charge is 0.457 e. The van der Waals surface area contributed by atoms with Crippen LogP contribution < -0.4 is 4.74 Å². The first-order valence-electron chi connectivity index (χ1n) is 17.2. The SMILES string of the molecule is N#Cc1ccc(-c2ccc3c(c2)C2(c4ccccc4Oc4ccc(-c5nc(-c6ccccc6)nc(-c6ccccc6)n5)cc42)c2ccccc2-3)cc1. The standard InChI is InChI=1S/C47H28N4O/c48-29-30-19-21-31(22-20-30)34-23-25-37-36-15-7-8-16-38(36)47(40(37)27-34)39-17-9-10-18-42(39)52-43-26-24-35(28-41(43)47)46-50-44(32-11-3-1-4-12-32)49-45(51-46)33-13-5-2-6-14-33/h1-28H. The highest BCUT2D eigenvalue weighted by Gasteiger charge is 2.51. The first-order valence-corrected chi connectivity index (χ1v) is 17.2. The van der Waals surface area contributed by atoms with Crippen LogP contribution in [0.25, 0.3) is 56.4 Å². The topological polar surface area (TPSA) is 71.7 Å². The van der Waals surface area contributed by atoms with Crippen LogP contribution in [0.5, 0.6) is 11.5 Å². The molecule has 2 heterocycles. The minimum absolute atomic E-state index is 0.586. The molecule has 1 atom stereocenters. The molecule has 7 aromatic carbocycles. The van der Waals surface area contributed by atoms with E-state index in [4.69, 9.17) is 19.7 Å². The molecular formula is C47H28N4O. The summed E-state index contributed by atoms with van der Waals surface area (Å²) in [6.07, 6.45) is 0. The second-order valence-electron chi connectivity index (χ2n) is 13.1. The minimum Gasteiger partial charge on any atom is -0.457 e. The summed E-state index contributed by atoms with van der Waals surface area (Å²) in [4.78, 5) is 15.1. The predicted octanol–water partition coefficient (Wildman–Crippen LogP) is 10.9. The van der Waals surface area contributed by atoms with Crippen LogP contribution in [0.4, 0.5) is 0 Å². The number of nitriles is 1. The number of fused-ring (bicyclic) bond motifs is 9. The Kier molecular flexibility index (Phi) is 6.70. The normalized spacial score (nSPS) is 14.8. The van der Waals surface area contributed by atoms with Crippen molar-refractivity contribution in [3.8, 4) is 74.0 Å². The van der Waals surface area contributed by atoms with Gasteiger partial charge in [0.1, 0.15) is 11.5 Å². The summed E-state index contributed by atoms with van der Waals surface area (Å²) in [7, 11) is 0. The van der Waals surface area contributed by atoms with Gasteiger partial charge in [-0.1, -0.05) is 127 Å². The second kappa shape index (κ2) is 11.7. The fourth-order valence-electron chi connectivity index (χ4n) is 7.89. The van der Waals surface area contributed by atoms with Gasteiger partial charge in [-0.15, -0.1) is 0 Å². The molecule has 0 radical (unpaired) electrons. The summed E-state index contributed by atoms with van der Waals surface area (Å²) in [5.74, 6) is 3.42. The van der Waals surface area contributed by atoms with Crippen LogP contribution in [-0.2, 0) is 5.41 Å². The second-order valence-corrected chi connectivity index (χ2v) is 13.1. The molecule has 1 spiro atoms. The van der Waals surface area contributed by atoms with Gasteiger partial charge < -0.3 is 4.74 Å². The lowest BCUT2D eigenvalue weighted by molar-refractivity contribution is 0.436. The van der Waals surface area contributed by atoms with Crippen LogP contribution in [0.15, 0.2) is 170 Å². The summed E-state index contributed by atoms with van der Waals surface area (Å²) in [6, 6.07) is 60.3. The average Bonchev–Trinajstić information content (AvgIpc) is 3.51. The number of benzene rings is 7. The van der Waals surface area contributed by atoms with Crippen molar-refractivity contribution >= 4 is 0 Å². The van der Waals surface area contributed by atoms with Crippen molar-refractivity contribution in [2.45, 2.75) is 5.41 Å². The molecule has 1 aliphatic carbocycles. The van der Waals surface area contributed by atoms with Crippen LogP contribution in [-0.4, -0.2) is 15.0 Å². The van der Waals surface area contributed by atoms with Gasteiger partial charge in [-0.2, -0.15) is 5.26 Å². The molecule has 8 aromatic rings. The molecule has 0 N–H and O–H groups in total. The van der Waals surface area contributed by atoms with E-state index in [9.17, 15) is 5.26 Å². The Morgan fingerprint density at radius 2 is 0.923 bits per heavy atom. The zero-order valence-electron chi connectivity index (χ0n) is 27.9. The maximum absolute atomic E-state index is 9.45. The summed E-state index contributed by atoms with van der Waals surface area (Å²) in [5.41, 5.74) is 11.6. The number of hydrogen-bond acceptors (Lipinski definition) is 5. The van der Waals surface area contributed by atoms with Gasteiger partial charge >= 0.3 is 0 Å². The number of rotatable bonds is 4. The zero-order chi connectivity index (χ0) is 34.6. The Balaban J connectivity index is 1.24. The molecule has 5 heteroatoms. The molecule has 0 bridgehead atoms. The van der Waals surface area contributed by atoms with Gasteiger partial charge in [-0.3, -0.25) is 0 Å². The Labute approximate surface area is 301 Å². The minimum atomic E-state index is -0.688. The maximum Gasteiger partial charge on any atom is 0.164 e. The van der Waals surface area contributed by atoms with Gasteiger partial charge in [0, 0.05) is 27.8 Å². The molecule has 0 amide bonds. The number of ether oxygens (including phenoxy) is 1. The number of para-hydroxylation sites is 1. The van der Waals surface area contributed by atoms with Gasteiger partial charge in [0.25, 0.3) is 0 Å². The van der Waals surface area contributed by atoms with Crippen molar-refractivity contribution in [3.05, 3.63) is 198 Å². The average molecular weight is 665 g/mol. The Bertz CT molecular complexity index is 2660. The van der Waals surface area contributed by atoms with E-state index in [2.05, 4.69) is 78.9 Å². The molecule has 1 aromatic heterocycles. The van der Waals surface area contributed by atoms with E-state index in [1.54, 1.807) is 0 Å². The van der Waals surface area contributed by atoms with E-state index in [0.717, 1.165) is 50.4 Å². The molecule has 52 heavy (non-hydrogen) atoms. The van der Waals surface area contributed by atoms with Crippen molar-refractivity contribution in [2.75, 3.05) is 0 Å². The number of aromatic nitrogens is 3. The van der Waals surface area contributed by atoms with Crippen molar-refractivity contribution in [2.24, 2.45) is 0 Å². The lowest BCUT2D eigenvalue weighted by atomic mass is 9.65. The van der Waals surface area contributed by atoms with E-state index in [0.29, 0.717) is 23.0 Å². The van der Waals surface area contributed by atoms with E-state index in [1.165, 1.54) is 22.3 Å². The molecule has 2 aliphatic rings. The van der Waals surface area contributed by atoms with Gasteiger partial charge in [0.05, 0.1) is 17.0 Å². The number of nitrogens with zero attached hydrogens (tertiary/aromatic N) is 4. The Hall–Kier alpha value is -7.16. The van der Waals surface area contributed by atoms with Crippen molar-refractivity contribution in [1.82, 2.24) is 15.0 Å². The fourth-order valence-corrected chi connectivity index (χ4v) is 7.89. The van der Waals surface area contributed by atoms with Gasteiger partial charge in [0.15, 0.2) is 17.5 Å². The highest BCUT2D eigenvalue weighted by Crippen LogP contribution is 2.62. The molecule has 10 rings (SSSR count). The molecule has 0 fully saturated rings. The third-order valence-electron chi connectivity index (χ3n) is 10.2. The smallest absolute Gasteiger partial charge is 0.164 e. The van der Waals surface area contributed by atoms with Crippen molar-refractivity contribution < 1.29 is 4.74 Å². The highest BCUT2D eigenvalue weighted by molar-refractivity contribution is 5.91. The van der Waals surface area contributed by atoms with Gasteiger partial charge in [-0.25, -0.2) is 15.0 Å². The quantitative estimate of drug-likeness (QED) is 0.187. The monoisotopic (exact) mass is 664 g/mol. The lowest BCUT2D eigenvalue weighted by Crippen LogP contribution is -2.32. The van der Waals surface area contributed by atoms with Gasteiger partial charge in [0.2, 0.25) is 0 Å². The van der Waals surface area contributed by atoms with Crippen molar-refractivity contribution in [1.29, 1.82) is 5.26 Å². The molecule has 1 unspecified atom stereocenters. The van der Waals surface area contributed by atoms with Crippen LogP contribution >= 0.6 is 0 Å². The molecular weight excluding hydrogens is 637 g/mol. The Morgan fingerprint density at radius 3 is 1.62 bits per heavy atom.